The van der Waals surface area contributed by atoms with Crippen LogP contribution in [0.15, 0.2) is 18.2 Å². The van der Waals surface area contributed by atoms with Crippen LogP contribution in [0.5, 0.6) is 11.5 Å². The van der Waals surface area contributed by atoms with E-state index in [9.17, 15) is 19.5 Å². The average Bonchev–Trinajstić information content (AvgIpc) is 3.27. The molecule has 1 saturated heterocycles. The van der Waals surface area contributed by atoms with Crippen molar-refractivity contribution in [2.24, 2.45) is 11.8 Å². The number of hydrogen-bond donors (Lipinski definition) is 2. The summed E-state index contributed by atoms with van der Waals surface area (Å²) < 4.78 is 10.5. The lowest BCUT2D eigenvalue weighted by atomic mass is 10.0. The Bertz CT molecular complexity index is 750. The van der Waals surface area contributed by atoms with Crippen molar-refractivity contribution >= 4 is 23.5 Å². The van der Waals surface area contributed by atoms with Crippen LogP contribution in [0.1, 0.15) is 25.7 Å². The van der Waals surface area contributed by atoms with Gasteiger partial charge in [-0.3, -0.25) is 14.4 Å². The number of nitrogens with one attached hydrogen (secondary N) is 1. The Morgan fingerprint density at radius 3 is 2.67 bits per heavy atom. The first-order chi connectivity index (χ1) is 12.9. The Hall–Kier alpha value is -2.77. The SMILES string of the molecule is COc1ccc(N2CC(C(=O)N[C@@H]3CCC[C@@H]3C(=O)O)CC2=O)c(OC)c1. The Morgan fingerprint density at radius 1 is 1.22 bits per heavy atom. The molecule has 1 aromatic rings. The van der Waals surface area contributed by atoms with Crippen molar-refractivity contribution in [2.75, 3.05) is 25.7 Å². The van der Waals surface area contributed by atoms with Crippen molar-refractivity contribution in [1.29, 1.82) is 0 Å². The lowest BCUT2D eigenvalue weighted by molar-refractivity contribution is -0.142. The topological polar surface area (TPSA) is 105 Å². The first kappa shape index (κ1) is 19.0. The van der Waals surface area contributed by atoms with Gasteiger partial charge in [-0.05, 0) is 25.0 Å². The first-order valence-electron chi connectivity index (χ1n) is 9.00. The molecule has 2 N–H and O–H groups in total. The average molecular weight is 376 g/mol. The fourth-order valence-electron chi connectivity index (χ4n) is 3.85. The second kappa shape index (κ2) is 7.85. The fourth-order valence-corrected chi connectivity index (χ4v) is 3.85. The van der Waals surface area contributed by atoms with E-state index in [1.54, 1.807) is 25.3 Å². The van der Waals surface area contributed by atoms with Gasteiger partial charge in [0.2, 0.25) is 11.8 Å². The number of carbonyl (C=O) groups is 3. The third kappa shape index (κ3) is 3.84. The molecule has 0 bridgehead atoms. The number of hydrogen-bond acceptors (Lipinski definition) is 5. The van der Waals surface area contributed by atoms with Gasteiger partial charge < -0.3 is 24.8 Å². The van der Waals surface area contributed by atoms with Gasteiger partial charge in [-0.2, -0.15) is 0 Å². The van der Waals surface area contributed by atoms with Crippen LogP contribution in [0.4, 0.5) is 5.69 Å². The minimum absolute atomic E-state index is 0.0888. The molecule has 8 heteroatoms. The summed E-state index contributed by atoms with van der Waals surface area (Å²) in [4.78, 5) is 37.9. The first-order valence-corrected chi connectivity index (χ1v) is 9.00. The second-order valence-corrected chi connectivity index (χ2v) is 6.93. The molecule has 1 aliphatic carbocycles. The number of carboxylic acids is 1. The third-order valence-electron chi connectivity index (χ3n) is 5.33. The van der Waals surface area contributed by atoms with Gasteiger partial charge in [-0.25, -0.2) is 0 Å². The zero-order valence-electron chi connectivity index (χ0n) is 15.4. The summed E-state index contributed by atoms with van der Waals surface area (Å²) in [6, 6.07) is 4.78. The van der Waals surface area contributed by atoms with Crippen molar-refractivity contribution < 1.29 is 29.0 Å². The summed E-state index contributed by atoms with van der Waals surface area (Å²) >= 11 is 0. The molecule has 0 spiro atoms. The molecular weight excluding hydrogens is 352 g/mol. The van der Waals surface area contributed by atoms with E-state index in [-0.39, 0.29) is 30.8 Å². The summed E-state index contributed by atoms with van der Waals surface area (Å²) in [6.45, 7) is 0.234. The Labute approximate surface area is 157 Å². The number of anilines is 1. The summed E-state index contributed by atoms with van der Waals surface area (Å²) in [5.41, 5.74) is 0.586. The van der Waals surface area contributed by atoms with Crippen LogP contribution in [0, 0.1) is 11.8 Å². The number of carbonyl (C=O) groups excluding carboxylic acids is 2. The highest BCUT2D eigenvalue weighted by atomic mass is 16.5. The van der Waals surface area contributed by atoms with Gasteiger partial charge >= 0.3 is 5.97 Å². The van der Waals surface area contributed by atoms with E-state index in [1.807, 2.05) is 0 Å². The van der Waals surface area contributed by atoms with E-state index >= 15 is 0 Å². The molecule has 0 radical (unpaired) electrons. The van der Waals surface area contributed by atoms with Crippen LogP contribution in [0.3, 0.4) is 0 Å². The smallest absolute Gasteiger partial charge is 0.308 e. The zero-order chi connectivity index (χ0) is 19.6. The number of benzene rings is 1. The number of ether oxygens (including phenoxy) is 2. The molecule has 2 fully saturated rings. The van der Waals surface area contributed by atoms with E-state index in [4.69, 9.17) is 9.47 Å². The summed E-state index contributed by atoms with van der Waals surface area (Å²) in [5, 5.41) is 12.1. The maximum absolute atomic E-state index is 12.6. The van der Waals surface area contributed by atoms with E-state index in [0.29, 0.717) is 30.0 Å². The number of nitrogens with zero attached hydrogens (tertiary/aromatic N) is 1. The molecule has 1 unspecified atom stereocenters. The molecule has 2 amide bonds. The molecular formula is C19H24N2O6. The molecule has 3 atom stereocenters. The van der Waals surface area contributed by atoms with Crippen LogP contribution in [-0.4, -0.2) is 49.7 Å². The number of amides is 2. The van der Waals surface area contributed by atoms with E-state index in [1.165, 1.54) is 12.0 Å². The number of methoxy groups -OCH3 is 2. The Kier molecular flexibility index (Phi) is 5.53. The number of aliphatic carboxylic acids is 1. The van der Waals surface area contributed by atoms with Crippen LogP contribution in [0.2, 0.25) is 0 Å². The third-order valence-corrected chi connectivity index (χ3v) is 5.33. The number of carboxylic acid groups (broad SMARTS) is 1. The van der Waals surface area contributed by atoms with Crippen LogP contribution >= 0.6 is 0 Å². The van der Waals surface area contributed by atoms with E-state index < -0.39 is 17.8 Å². The predicted octanol–water partition coefficient (Wildman–Crippen LogP) is 1.43. The lowest BCUT2D eigenvalue weighted by Gasteiger charge is -2.21. The van der Waals surface area contributed by atoms with Gasteiger partial charge in [0.15, 0.2) is 0 Å². The van der Waals surface area contributed by atoms with Gasteiger partial charge in [-0.15, -0.1) is 0 Å². The Balaban J connectivity index is 1.70. The highest BCUT2D eigenvalue weighted by Crippen LogP contribution is 2.36. The van der Waals surface area contributed by atoms with Crippen LogP contribution < -0.4 is 19.7 Å². The lowest BCUT2D eigenvalue weighted by Crippen LogP contribution is -2.43. The van der Waals surface area contributed by atoms with Crippen LogP contribution in [-0.2, 0) is 14.4 Å². The monoisotopic (exact) mass is 376 g/mol. The highest BCUT2D eigenvalue weighted by molar-refractivity contribution is 6.01. The maximum atomic E-state index is 12.6. The molecule has 1 saturated carbocycles. The zero-order valence-corrected chi connectivity index (χ0v) is 15.4. The van der Waals surface area contributed by atoms with Crippen molar-refractivity contribution in [3.63, 3.8) is 0 Å². The van der Waals surface area contributed by atoms with Gasteiger partial charge in [0.05, 0.1) is 31.7 Å². The van der Waals surface area contributed by atoms with Gasteiger partial charge in [0.1, 0.15) is 11.5 Å². The number of rotatable bonds is 6. The minimum atomic E-state index is -0.884. The summed E-state index contributed by atoms with van der Waals surface area (Å²) in [7, 11) is 3.05. The van der Waals surface area contributed by atoms with Gasteiger partial charge in [0, 0.05) is 25.1 Å². The molecule has 0 aromatic heterocycles. The highest BCUT2D eigenvalue weighted by Gasteiger charge is 2.39. The summed E-state index contributed by atoms with van der Waals surface area (Å²) in [6.07, 6.45) is 2.09. The van der Waals surface area contributed by atoms with E-state index in [2.05, 4.69) is 5.32 Å². The fraction of sp³-hybridized carbons (Fsp3) is 0.526. The molecule has 1 aliphatic heterocycles. The maximum Gasteiger partial charge on any atom is 0.308 e. The summed E-state index contributed by atoms with van der Waals surface area (Å²) in [5.74, 6) is -1.28. The quantitative estimate of drug-likeness (QED) is 0.778. The van der Waals surface area contributed by atoms with Crippen LogP contribution in [0.25, 0.3) is 0 Å². The normalized spacial score (nSPS) is 24.7. The molecule has 8 nitrogen and oxygen atoms in total. The second-order valence-electron chi connectivity index (χ2n) is 6.93. The molecule has 1 heterocycles. The standard InChI is InChI=1S/C19H24N2O6/c1-26-12-6-7-15(16(9-12)27-2)21-10-11(8-17(21)22)18(23)20-14-5-3-4-13(14)19(24)25/h6-7,9,11,13-14H,3-5,8,10H2,1-2H3,(H,20,23)(H,24,25)/t11?,13-,14+/m0/s1. The molecule has 27 heavy (non-hydrogen) atoms. The van der Waals surface area contributed by atoms with Crippen molar-refractivity contribution in [3.05, 3.63) is 18.2 Å². The van der Waals surface area contributed by atoms with Crippen molar-refractivity contribution in [1.82, 2.24) is 5.32 Å². The van der Waals surface area contributed by atoms with E-state index in [0.717, 1.165) is 6.42 Å². The Morgan fingerprint density at radius 2 is 2.00 bits per heavy atom. The molecule has 2 aliphatic rings. The predicted molar refractivity (Wildman–Crippen MR) is 96.9 cm³/mol. The largest absolute Gasteiger partial charge is 0.497 e. The molecule has 3 rings (SSSR count). The minimum Gasteiger partial charge on any atom is -0.497 e. The van der Waals surface area contributed by atoms with Crippen molar-refractivity contribution in [2.45, 2.75) is 31.7 Å². The molecule has 1 aromatic carbocycles. The molecule has 146 valence electrons. The van der Waals surface area contributed by atoms with Gasteiger partial charge in [0.25, 0.3) is 0 Å². The van der Waals surface area contributed by atoms with Crippen molar-refractivity contribution in [3.8, 4) is 11.5 Å². The van der Waals surface area contributed by atoms with Gasteiger partial charge in [-0.1, -0.05) is 6.42 Å².